The molecule has 1 fully saturated rings. The zero-order valence-corrected chi connectivity index (χ0v) is 13.9. The number of para-hydroxylation sites is 2. The fraction of sp³-hybridized carbons (Fsp3) is 0.300. The molecule has 1 atom stereocenters. The molecular weight excluding hydrogens is 298 g/mol. The number of rotatable bonds is 4. The maximum atomic E-state index is 12.4. The normalized spacial score (nSPS) is 17.8. The Bertz CT molecular complexity index is 869. The Balaban J connectivity index is 1.50. The molecule has 0 spiro atoms. The van der Waals surface area contributed by atoms with Gasteiger partial charge in [-0.25, -0.2) is 4.98 Å². The summed E-state index contributed by atoms with van der Waals surface area (Å²) in [6.07, 6.45) is 1.47. The van der Waals surface area contributed by atoms with Crippen LogP contribution in [0.3, 0.4) is 0 Å². The van der Waals surface area contributed by atoms with E-state index in [-0.39, 0.29) is 11.8 Å². The Kier molecular flexibility index (Phi) is 3.81. The average molecular weight is 319 g/mol. The Morgan fingerprint density at radius 1 is 1.08 bits per heavy atom. The fourth-order valence-electron chi connectivity index (χ4n) is 3.60. The van der Waals surface area contributed by atoms with Crippen molar-refractivity contribution in [3.05, 3.63) is 66.0 Å². The molecular formula is C20H21N3O. The van der Waals surface area contributed by atoms with E-state index >= 15 is 0 Å². The van der Waals surface area contributed by atoms with Gasteiger partial charge in [0.05, 0.1) is 11.0 Å². The van der Waals surface area contributed by atoms with Gasteiger partial charge in [0.15, 0.2) is 0 Å². The van der Waals surface area contributed by atoms with E-state index in [0.29, 0.717) is 6.42 Å². The highest BCUT2D eigenvalue weighted by Crippen LogP contribution is 2.29. The van der Waals surface area contributed by atoms with Gasteiger partial charge in [-0.05, 0) is 24.1 Å². The van der Waals surface area contributed by atoms with Gasteiger partial charge in [0.2, 0.25) is 5.91 Å². The van der Waals surface area contributed by atoms with Gasteiger partial charge in [0, 0.05) is 32.5 Å². The zero-order chi connectivity index (χ0) is 16.5. The first-order valence-electron chi connectivity index (χ1n) is 8.45. The topological polar surface area (TPSA) is 38.1 Å². The lowest BCUT2D eigenvalue weighted by Crippen LogP contribution is -2.27. The van der Waals surface area contributed by atoms with E-state index in [9.17, 15) is 4.79 Å². The molecule has 0 N–H and O–H groups in total. The number of fused-ring (bicyclic) bond motifs is 1. The van der Waals surface area contributed by atoms with Crippen molar-refractivity contribution in [2.75, 3.05) is 13.1 Å². The highest BCUT2D eigenvalue weighted by Gasteiger charge is 2.33. The molecule has 1 amide bonds. The third kappa shape index (κ3) is 2.68. The van der Waals surface area contributed by atoms with Crippen molar-refractivity contribution in [3.63, 3.8) is 0 Å². The standard InChI is InChI=1S/C20H21N3O/c1-22-18-10-6-5-9-17(18)21-20(22)16-13-19(24)23(14-16)12-11-15-7-3-2-4-8-15/h2-10,16H,11-14H2,1H3/t16-/m1/s1. The maximum Gasteiger partial charge on any atom is 0.223 e. The van der Waals surface area contributed by atoms with E-state index in [4.69, 9.17) is 4.98 Å². The molecule has 0 radical (unpaired) electrons. The Morgan fingerprint density at radius 2 is 1.83 bits per heavy atom. The van der Waals surface area contributed by atoms with Crippen molar-refractivity contribution >= 4 is 16.9 Å². The number of nitrogens with zero attached hydrogens (tertiary/aromatic N) is 3. The van der Waals surface area contributed by atoms with E-state index in [1.54, 1.807) is 0 Å². The van der Waals surface area contributed by atoms with Gasteiger partial charge in [-0.3, -0.25) is 4.79 Å². The van der Waals surface area contributed by atoms with Crippen molar-refractivity contribution in [1.29, 1.82) is 0 Å². The Morgan fingerprint density at radius 3 is 2.62 bits per heavy atom. The molecule has 0 unspecified atom stereocenters. The lowest BCUT2D eigenvalue weighted by atomic mass is 10.1. The first-order chi connectivity index (χ1) is 11.7. The third-order valence-electron chi connectivity index (χ3n) is 4.91. The lowest BCUT2D eigenvalue weighted by molar-refractivity contribution is -0.127. The summed E-state index contributed by atoms with van der Waals surface area (Å²) in [5, 5.41) is 0. The smallest absolute Gasteiger partial charge is 0.223 e. The minimum Gasteiger partial charge on any atom is -0.342 e. The van der Waals surface area contributed by atoms with Crippen LogP contribution in [-0.4, -0.2) is 33.4 Å². The molecule has 4 rings (SSSR count). The molecule has 4 nitrogen and oxygen atoms in total. The summed E-state index contributed by atoms with van der Waals surface area (Å²) in [5.74, 6) is 1.44. The highest BCUT2D eigenvalue weighted by atomic mass is 16.2. The molecule has 2 aromatic carbocycles. The van der Waals surface area contributed by atoms with Crippen molar-refractivity contribution in [1.82, 2.24) is 14.5 Å². The SMILES string of the molecule is Cn1c([C@@H]2CC(=O)N(CCc3ccccc3)C2)nc2ccccc21. The molecule has 1 aliphatic heterocycles. The Hall–Kier alpha value is -2.62. The van der Waals surface area contributed by atoms with E-state index in [0.717, 1.165) is 36.4 Å². The Labute approximate surface area is 141 Å². The van der Waals surface area contributed by atoms with Crippen molar-refractivity contribution in [3.8, 4) is 0 Å². The predicted molar refractivity (Wildman–Crippen MR) is 94.8 cm³/mol. The molecule has 24 heavy (non-hydrogen) atoms. The summed E-state index contributed by atoms with van der Waals surface area (Å²) in [4.78, 5) is 19.1. The zero-order valence-electron chi connectivity index (χ0n) is 13.9. The van der Waals surface area contributed by atoms with Crippen LogP contribution in [0.4, 0.5) is 0 Å². The summed E-state index contributed by atoms with van der Waals surface area (Å²) in [7, 11) is 2.04. The summed E-state index contributed by atoms with van der Waals surface area (Å²) >= 11 is 0. The second-order valence-electron chi connectivity index (χ2n) is 6.49. The van der Waals surface area contributed by atoms with E-state index in [1.165, 1.54) is 5.56 Å². The monoisotopic (exact) mass is 319 g/mol. The quantitative estimate of drug-likeness (QED) is 0.741. The van der Waals surface area contributed by atoms with Crippen LogP contribution in [0.1, 0.15) is 23.7 Å². The molecule has 1 saturated heterocycles. The number of benzene rings is 2. The largest absolute Gasteiger partial charge is 0.342 e. The summed E-state index contributed by atoms with van der Waals surface area (Å²) in [5.41, 5.74) is 3.41. The van der Waals surface area contributed by atoms with E-state index < -0.39 is 0 Å². The van der Waals surface area contributed by atoms with Crippen LogP contribution in [0.5, 0.6) is 0 Å². The van der Waals surface area contributed by atoms with Gasteiger partial charge in [0.25, 0.3) is 0 Å². The van der Waals surface area contributed by atoms with Gasteiger partial charge < -0.3 is 9.47 Å². The number of hydrogen-bond acceptors (Lipinski definition) is 2. The molecule has 3 aromatic rings. The number of aromatic nitrogens is 2. The molecule has 2 heterocycles. The average Bonchev–Trinajstić information content (AvgIpc) is 3.15. The fourth-order valence-corrected chi connectivity index (χ4v) is 3.60. The van der Waals surface area contributed by atoms with Gasteiger partial charge in [-0.15, -0.1) is 0 Å². The first kappa shape index (κ1) is 14.9. The number of likely N-dealkylation sites (tertiary alicyclic amines) is 1. The molecule has 1 aliphatic rings. The summed E-state index contributed by atoms with van der Waals surface area (Å²) in [6.45, 7) is 1.55. The van der Waals surface area contributed by atoms with E-state index in [1.807, 2.05) is 48.3 Å². The summed E-state index contributed by atoms with van der Waals surface area (Å²) < 4.78 is 2.13. The van der Waals surface area contributed by atoms with Crippen molar-refractivity contribution < 1.29 is 4.79 Å². The number of aryl methyl sites for hydroxylation is 1. The van der Waals surface area contributed by atoms with Crippen LogP contribution in [-0.2, 0) is 18.3 Å². The minimum absolute atomic E-state index is 0.186. The van der Waals surface area contributed by atoms with Gasteiger partial charge >= 0.3 is 0 Å². The van der Waals surface area contributed by atoms with Gasteiger partial charge in [0.1, 0.15) is 5.82 Å². The van der Waals surface area contributed by atoms with Crippen LogP contribution in [0.25, 0.3) is 11.0 Å². The van der Waals surface area contributed by atoms with Crippen LogP contribution in [0.15, 0.2) is 54.6 Å². The van der Waals surface area contributed by atoms with Gasteiger partial charge in [-0.2, -0.15) is 0 Å². The molecule has 0 aliphatic carbocycles. The molecule has 0 saturated carbocycles. The first-order valence-corrected chi connectivity index (χ1v) is 8.45. The third-order valence-corrected chi connectivity index (χ3v) is 4.91. The number of imidazole rings is 1. The number of hydrogen-bond donors (Lipinski definition) is 0. The predicted octanol–water partition coefficient (Wildman–Crippen LogP) is 3.13. The summed E-state index contributed by atoms with van der Waals surface area (Å²) in [6, 6.07) is 18.5. The molecule has 122 valence electrons. The van der Waals surface area contributed by atoms with Crippen LogP contribution < -0.4 is 0 Å². The number of carbonyl (C=O) groups excluding carboxylic acids is 1. The minimum atomic E-state index is 0.186. The van der Waals surface area contributed by atoms with Gasteiger partial charge in [-0.1, -0.05) is 42.5 Å². The second kappa shape index (κ2) is 6.11. The molecule has 0 bridgehead atoms. The van der Waals surface area contributed by atoms with Crippen molar-refractivity contribution in [2.45, 2.75) is 18.8 Å². The van der Waals surface area contributed by atoms with Crippen molar-refractivity contribution in [2.24, 2.45) is 7.05 Å². The molecule has 4 heteroatoms. The van der Waals surface area contributed by atoms with Crippen LogP contribution >= 0.6 is 0 Å². The molecule has 1 aromatic heterocycles. The highest BCUT2D eigenvalue weighted by molar-refractivity contribution is 5.80. The second-order valence-corrected chi connectivity index (χ2v) is 6.49. The maximum absolute atomic E-state index is 12.4. The lowest BCUT2D eigenvalue weighted by Gasteiger charge is -2.16. The van der Waals surface area contributed by atoms with Crippen LogP contribution in [0.2, 0.25) is 0 Å². The van der Waals surface area contributed by atoms with Crippen LogP contribution in [0, 0.1) is 0 Å². The van der Waals surface area contributed by atoms with E-state index in [2.05, 4.69) is 22.8 Å². The number of carbonyl (C=O) groups is 1. The number of amides is 1.